The summed E-state index contributed by atoms with van der Waals surface area (Å²) in [5.41, 5.74) is 2.51. The number of sulfonamides is 1. The SMILES string of the molecule is CCCc1ccc(S(=O)(=O)Nc2ccc(OC)cc2C)cc1. The van der Waals surface area contributed by atoms with Crippen LogP contribution in [0.5, 0.6) is 5.75 Å². The van der Waals surface area contributed by atoms with Crippen LogP contribution in [-0.2, 0) is 16.4 Å². The monoisotopic (exact) mass is 319 g/mol. The molecule has 0 amide bonds. The van der Waals surface area contributed by atoms with Crippen LogP contribution in [0, 0.1) is 6.92 Å². The van der Waals surface area contributed by atoms with Crippen molar-refractivity contribution in [2.24, 2.45) is 0 Å². The van der Waals surface area contributed by atoms with Gasteiger partial charge in [0.2, 0.25) is 0 Å². The Morgan fingerprint density at radius 2 is 1.77 bits per heavy atom. The highest BCUT2D eigenvalue weighted by molar-refractivity contribution is 7.92. The van der Waals surface area contributed by atoms with Crippen molar-refractivity contribution in [2.45, 2.75) is 31.6 Å². The molecule has 0 aromatic heterocycles. The molecule has 0 spiro atoms. The minimum Gasteiger partial charge on any atom is -0.497 e. The Labute approximate surface area is 132 Å². The van der Waals surface area contributed by atoms with Gasteiger partial charge in [-0.3, -0.25) is 4.72 Å². The summed E-state index contributed by atoms with van der Waals surface area (Å²) in [6, 6.07) is 12.2. The average Bonchev–Trinajstić information content (AvgIpc) is 2.50. The van der Waals surface area contributed by atoms with E-state index >= 15 is 0 Å². The van der Waals surface area contributed by atoms with E-state index in [-0.39, 0.29) is 4.90 Å². The van der Waals surface area contributed by atoms with Crippen molar-refractivity contribution in [3.8, 4) is 5.75 Å². The van der Waals surface area contributed by atoms with Crippen LogP contribution in [0.25, 0.3) is 0 Å². The summed E-state index contributed by atoms with van der Waals surface area (Å²) >= 11 is 0. The lowest BCUT2D eigenvalue weighted by Crippen LogP contribution is -2.13. The fourth-order valence-corrected chi connectivity index (χ4v) is 3.34. The van der Waals surface area contributed by atoms with Crippen LogP contribution < -0.4 is 9.46 Å². The van der Waals surface area contributed by atoms with Crippen molar-refractivity contribution >= 4 is 15.7 Å². The molecular formula is C17H21NO3S. The summed E-state index contributed by atoms with van der Waals surface area (Å²) in [6.45, 7) is 3.93. The maximum atomic E-state index is 12.4. The summed E-state index contributed by atoms with van der Waals surface area (Å²) in [5, 5.41) is 0. The van der Waals surface area contributed by atoms with Crippen LogP contribution in [0.15, 0.2) is 47.4 Å². The summed E-state index contributed by atoms with van der Waals surface area (Å²) in [4.78, 5) is 0.266. The lowest BCUT2D eigenvalue weighted by molar-refractivity contribution is 0.414. The molecule has 1 N–H and O–H groups in total. The molecule has 0 fully saturated rings. The number of ether oxygens (including phenoxy) is 1. The molecule has 2 rings (SSSR count). The maximum absolute atomic E-state index is 12.4. The van der Waals surface area contributed by atoms with Gasteiger partial charge >= 0.3 is 0 Å². The average molecular weight is 319 g/mol. The van der Waals surface area contributed by atoms with Crippen LogP contribution in [-0.4, -0.2) is 15.5 Å². The molecule has 118 valence electrons. The van der Waals surface area contributed by atoms with Crippen molar-refractivity contribution in [2.75, 3.05) is 11.8 Å². The molecule has 5 heteroatoms. The maximum Gasteiger partial charge on any atom is 0.261 e. The highest BCUT2D eigenvalue weighted by atomic mass is 32.2. The van der Waals surface area contributed by atoms with Crippen molar-refractivity contribution in [1.29, 1.82) is 0 Å². The molecule has 0 unspecified atom stereocenters. The fourth-order valence-electron chi connectivity index (χ4n) is 2.21. The van der Waals surface area contributed by atoms with E-state index in [0.717, 1.165) is 24.0 Å². The predicted molar refractivity (Wildman–Crippen MR) is 89.0 cm³/mol. The van der Waals surface area contributed by atoms with Gasteiger partial charge < -0.3 is 4.74 Å². The van der Waals surface area contributed by atoms with E-state index in [2.05, 4.69) is 11.6 Å². The Balaban J connectivity index is 2.23. The van der Waals surface area contributed by atoms with Crippen LogP contribution in [0.4, 0.5) is 5.69 Å². The first-order chi connectivity index (χ1) is 10.5. The molecular weight excluding hydrogens is 298 g/mol. The van der Waals surface area contributed by atoms with Crippen LogP contribution in [0.1, 0.15) is 24.5 Å². The fraction of sp³-hybridized carbons (Fsp3) is 0.294. The van der Waals surface area contributed by atoms with Crippen molar-refractivity contribution in [3.63, 3.8) is 0 Å². The highest BCUT2D eigenvalue weighted by Crippen LogP contribution is 2.24. The largest absolute Gasteiger partial charge is 0.497 e. The quantitative estimate of drug-likeness (QED) is 0.882. The Kier molecular flexibility index (Phi) is 5.08. The van der Waals surface area contributed by atoms with E-state index < -0.39 is 10.0 Å². The number of nitrogens with one attached hydrogen (secondary N) is 1. The Hall–Kier alpha value is -2.01. The van der Waals surface area contributed by atoms with Gasteiger partial charge in [0.25, 0.3) is 10.0 Å². The van der Waals surface area contributed by atoms with Crippen molar-refractivity contribution in [1.82, 2.24) is 0 Å². The molecule has 0 aliphatic heterocycles. The smallest absolute Gasteiger partial charge is 0.261 e. The van der Waals surface area contributed by atoms with E-state index in [1.54, 1.807) is 37.4 Å². The molecule has 2 aromatic carbocycles. The van der Waals surface area contributed by atoms with Gasteiger partial charge in [-0.2, -0.15) is 0 Å². The number of anilines is 1. The Morgan fingerprint density at radius 1 is 1.09 bits per heavy atom. The number of aryl methyl sites for hydroxylation is 2. The lowest BCUT2D eigenvalue weighted by Gasteiger charge is -2.12. The third kappa shape index (κ3) is 3.80. The molecule has 2 aromatic rings. The minimum atomic E-state index is -3.58. The Morgan fingerprint density at radius 3 is 2.32 bits per heavy atom. The van der Waals surface area contributed by atoms with Gasteiger partial charge in [0, 0.05) is 0 Å². The van der Waals surface area contributed by atoms with E-state index in [1.165, 1.54) is 0 Å². The topological polar surface area (TPSA) is 55.4 Å². The van der Waals surface area contributed by atoms with E-state index in [0.29, 0.717) is 11.4 Å². The summed E-state index contributed by atoms with van der Waals surface area (Å²) < 4.78 is 32.6. The van der Waals surface area contributed by atoms with E-state index in [9.17, 15) is 8.42 Å². The standard InChI is InChI=1S/C17H21NO3S/c1-4-5-14-6-9-16(10-7-14)22(19,20)18-17-11-8-15(21-3)12-13(17)2/h6-12,18H,4-5H2,1-3H3. The number of benzene rings is 2. The van der Waals surface area contributed by atoms with Gasteiger partial charge in [-0.05, 0) is 54.8 Å². The van der Waals surface area contributed by atoms with Crippen LogP contribution >= 0.6 is 0 Å². The molecule has 4 nitrogen and oxygen atoms in total. The molecule has 0 saturated heterocycles. The van der Waals surface area contributed by atoms with Crippen LogP contribution in [0.3, 0.4) is 0 Å². The third-order valence-corrected chi connectivity index (χ3v) is 4.83. The second kappa shape index (κ2) is 6.83. The zero-order valence-corrected chi connectivity index (χ0v) is 13.9. The zero-order chi connectivity index (χ0) is 16.2. The number of hydrogen-bond acceptors (Lipinski definition) is 3. The first kappa shape index (κ1) is 16.4. The van der Waals surface area contributed by atoms with Gasteiger partial charge in [0.05, 0.1) is 17.7 Å². The van der Waals surface area contributed by atoms with Crippen LogP contribution in [0.2, 0.25) is 0 Å². The second-order valence-electron chi connectivity index (χ2n) is 5.18. The summed E-state index contributed by atoms with van der Waals surface area (Å²) in [5.74, 6) is 0.698. The number of methoxy groups -OCH3 is 1. The van der Waals surface area contributed by atoms with Gasteiger partial charge in [-0.25, -0.2) is 8.42 Å². The summed E-state index contributed by atoms with van der Waals surface area (Å²) in [6.07, 6.45) is 1.99. The van der Waals surface area contributed by atoms with Crippen molar-refractivity contribution < 1.29 is 13.2 Å². The second-order valence-corrected chi connectivity index (χ2v) is 6.86. The number of rotatable bonds is 6. The van der Waals surface area contributed by atoms with E-state index in [1.807, 2.05) is 19.1 Å². The normalized spacial score (nSPS) is 11.2. The molecule has 0 bridgehead atoms. The van der Waals surface area contributed by atoms with Gasteiger partial charge in [0.15, 0.2) is 0 Å². The molecule has 0 saturated carbocycles. The van der Waals surface area contributed by atoms with Crippen molar-refractivity contribution in [3.05, 3.63) is 53.6 Å². The Bertz CT molecular complexity index is 737. The molecule has 0 aliphatic carbocycles. The molecule has 22 heavy (non-hydrogen) atoms. The molecule has 0 atom stereocenters. The third-order valence-electron chi connectivity index (χ3n) is 3.45. The molecule has 0 heterocycles. The molecule has 0 radical (unpaired) electrons. The molecule has 0 aliphatic rings. The number of hydrogen-bond donors (Lipinski definition) is 1. The minimum absolute atomic E-state index is 0.266. The first-order valence-electron chi connectivity index (χ1n) is 7.22. The lowest BCUT2D eigenvalue weighted by atomic mass is 10.1. The zero-order valence-electron chi connectivity index (χ0n) is 13.1. The predicted octanol–water partition coefficient (Wildman–Crippen LogP) is 3.76. The van der Waals surface area contributed by atoms with E-state index in [4.69, 9.17) is 4.74 Å². The highest BCUT2D eigenvalue weighted by Gasteiger charge is 2.15. The summed E-state index contributed by atoms with van der Waals surface area (Å²) in [7, 11) is -2.00. The first-order valence-corrected chi connectivity index (χ1v) is 8.71. The van der Waals surface area contributed by atoms with Gasteiger partial charge in [0.1, 0.15) is 5.75 Å². The van der Waals surface area contributed by atoms with Gasteiger partial charge in [-0.1, -0.05) is 25.5 Å². The van der Waals surface area contributed by atoms with Gasteiger partial charge in [-0.15, -0.1) is 0 Å².